The monoisotopic (exact) mass is 398 g/mol. The van der Waals surface area contributed by atoms with Crippen molar-refractivity contribution in [3.8, 4) is 0 Å². The van der Waals surface area contributed by atoms with Gasteiger partial charge in [0, 0.05) is 38.3 Å². The van der Waals surface area contributed by atoms with Gasteiger partial charge in [-0.3, -0.25) is 9.89 Å². The van der Waals surface area contributed by atoms with Crippen LogP contribution in [0.3, 0.4) is 0 Å². The summed E-state index contributed by atoms with van der Waals surface area (Å²) in [6.07, 6.45) is 1.09. The molecule has 0 aromatic rings. The zero-order valence-electron chi connectivity index (χ0n) is 13.5. The molecule has 0 aromatic heterocycles. The number of aliphatic imine (C=N–C) groups is 1. The summed E-state index contributed by atoms with van der Waals surface area (Å²) in [6, 6.07) is 0.442. The molecule has 0 aliphatic carbocycles. The van der Waals surface area contributed by atoms with E-state index in [4.69, 9.17) is 4.74 Å². The van der Waals surface area contributed by atoms with E-state index in [0.29, 0.717) is 6.04 Å². The van der Waals surface area contributed by atoms with Gasteiger partial charge in [-0.1, -0.05) is 6.92 Å². The molecular formula is C14H31IN4O. The van der Waals surface area contributed by atoms with Crippen LogP contribution in [0.25, 0.3) is 0 Å². The number of hydrogen-bond acceptors (Lipinski definition) is 3. The first kappa shape index (κ1) is 19.9. The summed E-state index contributed by atoms with van der Waals surface area (Å²) in [6.45, 7) is 13.4. The minimum Gasteiger partial charge on any atom is -0.379 e. The van der Waals surface area contributed by atoms with Crippen LogP contribution in [0.15, 0.2) is 4.99 Å². The molecule has 120 valence electrons. The number of guanidine groups is 1. The summed E-state index contributed by atoms with van der Waals surface area (Å²) >= 11 is 0. The zero-order valence-corrected chi connectivity index (χ0v) is 15.9. The Labute approximate surface area is 140 Å². The minimum absolute atomic E-state index is 0. The third-order valence-electron chi connectivity index (χ3n) is 3.77. The van der Waals surface area contributed by atoms with E-state index in [0.717, 1.165) is 45.2 Å². The molecule has 0 saturated carbocycles. The lowest BCUT2D eigenvalue weighted by Gasteiger charge is -2.41. The first-order valence-electron chi connectivity index (χ1n) is 7.29. The molecule has 20 heavy (non-hydrogen) atoms. The summed E-state index contributed by atoms with van der Waals surface area (Å²) < 4.78 is 5.41. The Morgan fingerprint density at radius 1 is 1.35 bits per heavy atom. The maximum Gasteiger partial charge on any atom is 0.191 e. The largest absolute Gasteiger partial charge is 0.379 e. The van der Waals surface area contributed by atoms with Gasteiger partial charge in [-0.15, -0.1) is 24.0 Å². The van der Waals surface area contributed by atoms with E-state index in [1.54, 1.807) is 0 Å². The fourth-order valence-electron chi connectivity index (χ4n) is 2.11. The maximum absolute atomic E-state index is 5.41. The van der Waals surface area contributed by atoms with Gasteiger partial charge in [0.2, 0.25) is 0 Å². The number of hydrogen-bond donors (Lipinski definition) is 2. The van der Waals surface area contributed by atoms with Crippen LogP contribution in [-0.4, -0.2) is 62.3 Å². The van der Waals surface area contributed by atoms with Crippen molar-refractivity contribution in [3.05, 3.63) is 0 Å². The average Bonchev–Trinajstić information content (AvgIpc) is 2.44. The van der Waals surface area contributed by atoms with Crippen LogP contribution in [0.5, 0.6) is 0 Å². The summed E-state index contributed by atoms with van der Waals surface area (Å²) in [5.74, 6) is 0.885. The SMILES string of the molecule is CCC(C)NC(=NC)NCC(C)(C)N1CCOCC1.I. The number of nitrogens with zero attached hydrogens (tertiary/aromatic N) is 2. The van der Waals surface area contributed by atoms with Crippen molar-refractivity contribution in [1.82, 2.24) is 15.5 Å². The molecule has 0 spiro atoms. The Bertz CT molecular complexity index is 291. The van der Waals surface area contributed by atoms with Crippen LogP contribution in [0.2, 0.25) is 0 Å². The lowest BCUT2D eigenvalue weighted by Crippen LogP contribution is -2.57. The molecule has 0 amide bonds. The van der Waals surface area contributed by atoms with Crippen molar-refractivity contribution >= 4 is 29.9 Å². The first-order chi connectivity index (χ1) is 8.99. The first-order valence-corrected chi connectivity index (χ1v) is 7.29. The summed E-state index contributed by atoms with van der Waals surface area (Å²) in [7, 11) is 1.82. The number of morpholine rings is 1. The van der Waals surface area contributed by atoms with E-state index in [1.165, 1.54) is 0 Å². The minimum atomic E-state index is 0. The number of halogens is 1. The molecule has 0 aromatic carbocycles. The molecule has 0 radical (unpaired) electrons. The van der Waals surface area contributed by atoms with Crippen molar-refractivity contribution in [3.63, 3.8) is 0 Å². The van der Waals surface area contributed by atoms with Crippen molar-refractivity contribution in [2.45, 2.75) is 45.7 Å². The van der Waals surface area contributed by atoms with E-state index < -0.39 is 0 Å². The van der Waals surface area contributed by atoms with E-state index >= 15 is 0 Å². The smallest absolute Gasteiger partial charge is 0.191 e. The average molecular weight is 398 g/mol. The van der Waals surface area contributed by atoms with Gasteiger partial charge in [0.05, 0.1) is 13.2 Å². The van der Waals surface area contributed by atoms with Crippen molar-refractivity contribution in [2.24, 2.45) is 4.99 Å². The molecule has 1 heterocycles. The van der Waals surface area contributed by atoms with E-state index in [2.05, 4.69) is 48.2 Å². The lowest BCUT2D eigenvalue weighted by molar-refractivity contribution is -0.00834. The molecule has 5 nitrogen and oxygen atoms in total. The Morgan fingerprint density at radius 2 is 1.95 bits per heavy atom. The maximum atomic E-state index is 5.41. The predicted octanol–water partition coefficient (Wildman–Crippen LogP) is 1.68. The van der Waals surface area contributed by atoms with Crippen molar-refractivity contribution < 1.29 is 4.74 Å². The molecular weight excluding hydrogens is 367 g/mol. The highest BCUT2D eigenvalue weighted by Gasteiger charge is 2.28. The van der Waals surface area contributed by atoms with Crippen LogP contribution in [0, 0.1) is 0 Å². The molecule has 0 bridgehead atoms. The summed E-state index contributed by atoms with van der Waals surface area (Å²) in [4.78, 5) is 6.75. The molecule has 1 unspecified atom stereocenters. The highest BCUT2D eigenvalue weighted by atomic mass is 127. The second-order valence-electron chi connectivity index (χ2n) is 5.79. The van der Waals surface area contributed by atoms with E-state index in [9.17, 15) is 0 Å². The number of ether oxygens (including phenoxy) is 1. The topological polar surface area (TPSA) is 48.9 Å². The van der Waals surface area contributed by atoms with Gasteiger partial charge in [0.1, 0.15) is 0 Å². The Kier molecular flexibility index (Phi) is 9.74. The third-order valence-corrected chi connectivity index (χ3v) is 3.77. The predicted molar refractivity (Wildman–Crippen MR) is 96.1 cm³/mol. The van der Waals surface area contributed by atoms with Gasteiger partial charge >= 0.3 is 0 Å². The highest BCUT2D eigenvalue weighted by molar-refractivity contribution is 14.0. The third kappa shape index (κ3) is 6.58. The molecule has 1 aliphatic heterocycles. The Morgan fingerprint density at radius 3 is 2.45 bits per heavy atom. The van der Waals surface area contributed by atoms with Gasteiger partial charge < -0.3 is 15.4 Å². The van der Waals surface area contributed by atoms with Gasteiger partial charge in [0.25, 0.3) is 0 Å². The summed E-state index contributed by atoms with van der Waals surface area (Å²) in [5.41, 5.74) is 0.108. The zero-order chi connectivity index (χ0) is 14.3. The quantitative estimate of drug-likeness (QED) is 0.420. The molecule has 6 heteroatoms. The second kappa shape index (κ2) is 9.78. The molecule has 1 aliphatic rings. The standard InChI is InChI=1S/C14H30N4O.HI/c1-6-12(2)17-13(15-5)16-11-14(3,4)18-7-9-19-10-8-18;/h12H,6-11H2,1-5H3,(H2,15,16,17);1H. The molecule has 2 N–H and O–H groups in total. The van der Waals surface area contributed by atoms with Crippen LogP contribution in [-0.2, 0) is 4.74 Å². The fourth-order valence-corrected chi connectivity index (χ4v) is 2.11. The van der Waals surface area contributed by atoms with E-state index in [-0.39, 0.29) is 29.5 Å². The van der Waals surface area contributed by atoms with Crippen LogP contribution in [0.4, 0.5) is 0 Å². The Hall–Kier alpha value is -0.0800. The van der Waals surface area contributed by atoms with Crippen molar-refractivity contribution in [1.29, 1.82) is 0 Å². The van der Waals surface area contributed by atoms with Crippen LogP contribution in [0.1, 0.15) is 34.1 Å². The number of nitrogens with one attached hydrogen (secondary N) is 2. The molecule has 1 atom stereocenters. The molecule has 1 fully saturated rings. The molecule has 1 rings (SSSR count). The summed E-state index contributed by atoms with van der Waals surface area (Å²) in [5, 5.41) is 6.82. The molecule has 1 saturated heterocycles. The van der Waals surface area contributed by atoms with Gasteiger partial charge in [-0.05, 0) is 27.2 Å². The van der Waals surface area contributed by atoms with E-state index in [1.807, 2.05) is 7.05 Å². The van der Waals surface area contributed by atoms with Crippen molar-refractivity contribution in [2.75, 3.05) is 39.9 Å². The highest BCUT2D eigenvalue weighted by Crippen LogP contribution is 2.14. The number of rotatable bonds is 5. The van der Waals surface area contributed by atoms with Gasteiger partial charge in [0.15, 0.2) is 5.96 Å². The normalized spacial score (nSPS) is 19.1. The Balaban J connectivity index is 0.00000361. The van der Waals surface area contributed by atoms with Crippen LogP contribution < -0.4 is 10.6 Å². The lowest BCUT2D eigenvalue weighted by atomic mass is 10.0. The van der Waals surface area contributed by atoms with Crippen LogP contribution >= 0.6 is 24.0 Å². The van der Waals surface area contributed by atoms with Gasteiger partial charge in [-0.2, -0.15) is 0 Å². The second-order valence-corrected chi connectivity index (χ2v) is 5.79. The fraction of sp³-hybridized carbons (Fsp3) is 0.929. The van der Waals surface area contributed by atoms with Gasteiger partial charge in [-0.25, -0.2) is 0 Å².